The Morgan fingerprint density at radius 3 is 2.54 bits per heavy atom. The summed E-state index contributed by atoms with van der Waals surface area (Å²) in [4.78, 5) is 25.9. The first-order valence-corrected chi connectivity index (χ1v) is 13.8. The number of nitrogens with one attached hydrogen (secondary N) is 1. The molecule has 0 spiro atoms. The van der Waals surface area contributed by atoms with Gasteiger partial charge in [0.1, 0.15) is 29.4 Å². The fourth-order valence-electron chi connectivity index (χ4n) is 3.96. The van der Waals surface area contributed by atoms with E-state index in [9.17, 15) is 13.2 Å². The van der Waals surface area contributed by atoms with Crippen LogP contribution in [0.4, 0.5) is 0 Å². The zero-order chi connectivity index (χ0) is 27.6. The van der Waals surface area contributed by atoms with E-state index < -0.39 is 15.9 Å². The molecule has 0 aliphatic rings. The van der Waals surface area contributed by atoms with Crippen LogP contribution in [-0.2, 0) is 23.2 Å². The van der Waals surface area contributed by atoms with Gasteiger partial charge in [-0.2, -0.15) is 0 Å². The lowest BCUT2D eigenvalue weighted by molar-refractivity contribution is 0.0977. The summed E-state index contributed by atoms with van der Waals surface area (Å²) >= 11 is 6.60. The lowest BCUT2D eigenvalue weighted by Crippen LogP contribution is -2.31. The van der Waals surface area contributed by atoms with Gasteiger partial charge in [-0.1, -0.05) is 41.4 Å². The second-order valence-corrected chi connectivity index (χ2v) is 11.0. The molecule has 1 amide bonds. The van der Waals surface area contributed by atoms with Gasteiger partial charge < -0.3 is 9.30 Å². The van der Waals surface area contributed by atoms with E-state index in [1.54, 1.807) is 36.7 Å². The molecule has 5 aromatic rings. The number of hydrogen-bond donors (Lipinski definition) is 1. The Morgan fingerprint density at radius 2 is 1.82 bits per heavy atom. The van der Waals surface area contributed by atoms with Crippen molar-refractivity contribution in [2.75, 3.05) is 0 Å². The number of nitrogens with zero attached hydrogens (tertiary/aromatic N) is 4. The van der Waals surface area contributed by atoms with Gasteiger partial charge in [0.15, 0.2) is 5.65 Å². The fraction of sp³-hybridized carbons (Fsp3) is 0.143. The summed E-state index contributed by atoms with van der Waals surface area (Å²) in [6, 6.07) is 18.6. The highest BCUT2D eigenvalue weighted by Gasteiger charge is 2.21. The Bertz CT molecular complexity index is 1770. The highest BCUT2D eigenvalue weighted by molar-refractivity contribution is 7.90. The molecule has 0 atom stereocenters. The van der Waals surface area contributed by atoms with Gasteiger partial charge in [0.25, 0.3) is 15.9 Å². The molecule has 5 rings (SSSR count). The number of ether oxygens (including phenoxy) is 1. The van der Waals surface area contributed by atoms with Crippen LogP contribution in [0, 0.1) is 13.8 Å². The number of aryl methyl sites for hydroxylation is 2. The van der Waals surface area contributed by atoms with Crippen molar-refractivity contribution in [3.8, 4) is 5.75 Å². The molecule has 0 saturated carbocycles. The molecule has 0 unspecified atom stereocenters. The Kier molecular flexibility index (Phi) is 7.32. The predicted octanol–water partition coefficient (Wildman–Crippen LogP) is 4.84. The molecular formula is C28H24ClN5O4S. The summed E-state index contributed by atoms with van der Waals surface area (Å²) in [6.45, 7) is 4.36. The monoisotopic (exact) mass is 561 g/mol. The van der Waals surface area contributed by atoms with E-state index in [0.717, 1.165) is 16.7 Å². The highest BCUT2D eigenvalue weighted by atomic mass is 35.5. The van der Waals surface area contributed by atoms with Gasteiger partial charge in [0, 0.05) is 11.2 Å². The number of imidazole rings is 1. The second kappa shape index (κ2) is 10.8. The van der Waals surface area contributed by atoms with E-state index in [4.69, 9.17) is 16.3 Å². The normalized spacial score (nSPS) is 11.5. The lowest BCUT2D eigenvalue weighted by Gasteiger charge is -2.11. The molecule has 0 saturated heterocycles. The van der Waals surface area contributed by atoms with E-state index in [1.807, 2.05) is 42.7 Å². The van der Waals surface area contributed by atoms with Crippen LogP contribution < -0.4 is 9.46 Å². The predicted molar refractivity (Wildman–Crippen MR) is 147 cm³/mol. The summed E-state index contributed by atoms with van der Waals surface area (Å²) in [5, 5.41) is 0.543. The fourth-order valence-corrected chi connectivity index (χ4v) is 5.18. The number of carbonyl (C=O) groups is 1. The Morgan fingerprint density at radius 1 is 1.03 bits per heavy atom. The molecule has 0 bridgehead atoms. The minimum atomic E-state index is -4.06. The minimum Gasteiger partial charge on any atom is -0.487 e. The van der Waals surface area contributed by atoms with Crippen LogP contribution in [0.15, 0.2) is 84.0 Å². The number of aromatic nitrogens is 4. The molecule has 198 valence electrons. The number of halogens is 1. The van der Waals surface area contributed by atoms with Gasteiger partial charge in [0.05, 0.1) is 17.6 Å². The third kappa shape index (κ3) is 5.92. The average molecular weight is 562 g/mol. The number of fused-ring (bicyclic) bond motifs is 1. The molecule has 0 fully saturated rings. The summed E-state index contributed by atoms with van der Waals surface area (Å²) < 4.78 is 35.0. The van der Waals surface area contributed by atoms with Gasteiger partial charge in [-0.05, 0) is 67.4 Å². The van der Waals surface area contributed by atoms with Crippen molar-refractivity contribution in [1.82, 2.24) is 24.2 Å². The van der Waals surface area contributed by atoms with Gasteiger partial charge in [0.2, 0.25) is 0 Å². The molecule has 0 aliphatic carbocycles. The second-order valence-electron chi connectivity index (χ2n) is 8.94. The summed E-state index contributed by atoms with van der Waals surface area (Å²) in [6.07, 6.45) is 3.32. The topological polar surface area (TPSA) is 116 Å². The standard InChI is InChI=1S/C28H24ClN5O4S/c1-18-5-9-23(10-6-18)39(36,37)33-28(35)26-12-11-25-27(32-26)34(19(2)31-25)16-21-8-7-20(14-24(21)29)17-38-22-4-3-13-30-15-22/h3-15H,16-17H2,1-2H3,(H,33,35). The van der Waals surface area contributed by atoms with Crippen molar-refractivity contribution in [3.63, 3.8) is 0 Å². The van der Waals surface area contributed by atoms with Crippen LogP contribution in [0.1, 0.15) is 33.0 Å². The number of benzene rings is 2. The van der Waals surface area contributed by atoms with Crippen molar-refractivity contribution in [2.24, 2.45) is 0 Å². The molecule has 11 heteroatoms. The molecule has 39 heavy (non-hydrogen) atoms. The van der Waals surface area contributed by atoms with E-state index in [0.29, 0.717) is 40.9 Å². The van der Waals surface area contributed by atoms with Crippen LogP contribution in [-0.4, -0.2) is 33.8 Å². The van der Waals surface area contributed by atoms with Crippen LogP contribution in [0.5, 0.6) is 5.75 Å². The van der Waals surface area contributed by atoms with E-state index in [-0.39, 0.29) is 10.6 Å². The molecule has 3 aromatic heterocycles. The van der Waals surface area contributed by atoms with Crippen molar-refractivity contribution >= 4 is 38.7 Å². The van der Waals surface area contributed by atoms with Gasteiger partial charge in [-0.25, -0.2) is 23.1 Å². The maximum absolute atomic E-state index is 12.9. The molecule has 2 aromatic carbocycles. The van der Waals surface area contributed by atoms with Crippen molar-refractivity contribution in [3.05, 3.63) is 112 Å². The number of rotatable bonds is 8. The van der Waals surface area contributed by atoms with Crippen LogP contribution in [0.3, 0.4) is 0 Å². The van der Waals surface area contributed by atoms with Crippen LogP contribution in [0.25, 0.3) is 11.2 Å². The number of pyridine rings is 2. The molecule has 1 N–H and O–H groups in total. The largest absolute Gasteiger partial charge is 0.487 e. The Labute approximate surface area is 230 Å². The lowest BCUT2D eigenvalue weighted by atomic mass is 10.1. The SMILES string of the molecule is Cc1ccc(S(=O)(=O)NC(=O)c2ccc3nc(C)n(Cc4ccc(COc5cccnc5)cc4Cl)c3n2)cc1. The van der Waals surface area contributed by atoms with Crippen molar-refractivity contribution < 1.29 is 17.9 Å². The molecule has 0 aliphatic heterocycles. The number of sulfonamides is 1. The Balaban J connectivity index is 1.36. The van der Waals surface area contributed by atoms with Gasteiger partial charge in [-0.15, -0.1) is 0 Å². The maximum atomic E-state index is 12.9. The minimum absolute atomic E-state index is 0.00709. The van der Waals surface area contributed by atoms with E-state index in [2.05, 4.69) is 19.7 Å². The molecule has 0 radical (unpaired) electrons. The third-order valence-electron chi connectivity index (χ3n) is 6.06. The average Bonchev–Trinajstić information content (AvgIpc) is 3.23. The third-order valence-corrected chi connectivity index (χ3v) is 7.76. The smallest absolute Gasteiger partial charge is 0.283 e. The molecular weight excluding hydrogens is 538 g/mol. The molecule has 9 nitrogen and oxygen atoms in total. The van der Waals surface area contributed by atoms with Crippen molar-refractivity contribution in [1.29, 1.82) is 0 Å². The number of carbonyl (C=O) groups excluding carboxylic acids is 1. The zero-order valence-corrected chi connectivity index (χ0v) is 22.7. The van der Waals surface area contributed by atoms with Crippen LogP contribution >= 0.6 is 11.6 Å². The van der Waals surface area contributed by atoms with Crippen LogP contribution in [0.2, 0.25) is 5.02 Å². The maximum Gasteiger partial charge on any atom is 0.283 e. The first-order valence-electron chi connectivity index (χ1n) is 12.0. The van der Waals surface area contributed by atoms with E-state index >= 15 is 0 Å². The zero-order valence-electron chi connectivity index (χ0n) is 21.1. The number of hydrogen-bond acceptors (Lipinski definition) is 7. The quantitative estimate of drug-likeness (QED) is 0.288. The first-order chi connectivity index (χ1) is 18.7. The summed E-state index contributed by atoms with van der Waals surface area (Å²) in [7, 11) is -4.06. The summed E-state index contributed by atoms with van der Waals surface area (Å²) in [5.74, 6) is 0.497. The highest BCUT2D eigenvalue weighted by Crippen LogP contribution is 2.23. The first kappa shape index (κ1) is 26.3. The van der Waals surface area contributed by atoms with Gasteiger partial charge >= 0.3 is 0 Å². The van der Waals surface area contributed by atoms with E-state index in [1.165, 1.54) is 18.2 Å². The van der Waals surface area contributed by atoms with Gasteiger partial charge in [-0.3, -0.25) is 9.78 Å². The van der Waals surface area contributed by atoms with Crippen molar-refractivity contribution in [2.45, 2.75) is 31.9 Å². The molecule has 3 heterocycles. The summed E-state index contributed by atoms with van der Waals surface area (Å²) in [5.41, 5.74) is 3.59. The number of amides is 1. The Hall–Kier alpha value is -4.28.